The predicted molar refractivity (Wildman–Crippen MR) is 90.8 cm³/mol. The van der Waals surface area contributed by atoms with Gasteiger partial charge in [-0.05, 0) is 23.3 Å². The van der Waals surface area contributed by atoms with Crippen molar-refractivity contribution in [3.8, 4) is 11.5 Å². The van der Waals surface area contributed by atoms with Gasteiger partial charge in [-0.25, -0.2) is 4.79 Å². The van der Waals surface area contributed by atoms with Crippen molar-refractivity contribution in [2.75, 3.05) is 47.1 Å². The Hall–Kier alpha value is -1.95. The fourth-order valence-electron chi connectivity index (χ4n) is 3.60. The number of nitrogens with zero attached hydrogens (tertiary/aromatic N) is 2. The molecule has 0 atom stereocenters. The third-order valence-corrected chi connectivity index (χ3v) is 4.84. The minimum absolute atomic E-state index is 0.0896. The number of methoxy groups -OCH3 is 2. The van der Waals surface area contributed by atoms with Crippen LogP contribution in [0.1, 0.15) is 25.0 Å². The summed E-state index contributed by atoms with van der Waals surface area (Å²) >= 11 is 0. The minimum atomic E-state index is -0.144. The van der Waals surface area contributed by atoms with Crippen molar-refractivity contribution in [2.24, 2.45) is 0 Å². The van der Waals surface area contributed by atoms with Crippen LogP contribution in [0.25, 0.3) is 0 Å². The number of hydrogen-bond donors (Lipinski definition) is 0. The number of rotatable bonds is 2. The van der Waals surface area contributed by atoms with Gasteiger partial charge in [-0.3, -0.25) is 0 Å². The van der Waals surface area contributed by atoms with Crippen molar-refractivity contribution >= 4 is 6.03 Å². The highest BCUT2D eigenvalue weighted by molar-refractivity contribution is 5.75. The predicted octanol–water partition coefficient (Wildman–Crippen LogP) is 2.25. The average Bonchev–Trinajstić information content (AvgIpc) is 2.60. The first kappa shape index (κ1) is 16.9. The Labute approximate surface area is 143 Å². The molecule has 2 heterocycles. The number of amides is 2. The van der Waals surface area contributed by atoms with E-state index >= 15 is 0 Å². The number of carbonyl (C=O) groups is 1. The number of urea groups is 1. The summed E-state index contributed by atoms with van der Waals surface area (Å²) in [7, 11) is 3.28. The van der Waals surface area contributed by atoms with E-state index in [1.165, 1.54) is 5.56 Å². The van der Waals surface area contributed by atoms with Gasteiger partial charge in [0.25, 0.3) is 0 Å². The molecule has 0 bridgehead atoms. The van der Waals surface area contributed by atoms with E-state index in [4.69, 9.17) is 14.2 Å². The van der Waals surface area contributed by atoms with E-state index in [1.54, 1.807) is 14.2 Å². The molecule has 0 unspecified atom stereocenters. The van der Waals surface area contributed by atoms with Crippen LogP contribution in [0.4, 0.5) is 4.79 Å². The Balaban J connectivity index is 1.90. The maximum atomic E-state index is 12.9. The Morgan fingerprint density at radius 1 is 1.08 bits per heavy atom. The fourth-order valence-corrected chi connectivity index (χ4v) is 3.60. The molecule has 1 saturated heterocycles. The second kappa shape index (κ2) is 6.51. The van der Waals surface area contributed by atoms with E-state index in [0.717, 1.165) is 11.3 Å². The molecule has 0 radical (unpaired) electrons. The van der Waals surface area contributed by atoms with E-state index in [9.17, 15) is 4.79 Å². The summed E-state index contributed by atoms with van der Waals surface area (Å²) < 4.78 is 16.2. The van der Waals surface area contributed by atoms with Gasteiger partial charge in [0.1, 0.15) is 0 Å². The molecule has 6 nitrogen and oxygen atoms in total. The highest BCUT2D eigenvalue weighted by Crippen LogP contribution is 2.40. The monoisotopic (exact) mass is 334 g/mol. The number of ether oxygens (including phenoxy) is 3. The summed E-state index contributed by atoms with van der Waals surface area (Å²) in [5, 5.41) is 0. The third kappa shape index (κ3) is 3.02. The molecule has 2 amide bonds. The van der Waals surface area contributed by atoms with Gasteiger partial charge in [-0.2, -0.15) is 0 Å². The SMILES string of the molecule is COc1cc2c(cc1OC)C(C)(C)CN(C(=O)N1CCOCC1)C2. The van der Waals surface area contributed by atoms with Gasteiger partial charge >= 0.3 is 6.03 Å². The molecule has 0 aromatic heterocycles. The minimum Gasteiger partial charge on any atom is -0.493 e. The van der Waals surface area contributed by atoms with Crippen molar-refractivity contribution in [1.29, 1.82) is 0 Å². The summed E-state index contributed by atoms with van der Waals surface area (Å²) in [5.74, 6) is 1.44. The molecule has 1 aromatic carbocycles. The molecule has 6 heteroatoms. The molecule has 0 spiro atoms. The van der Waals surface area contributed by atoms with E-state index < -0.39 is 0 Å². The topological polar surface area (TPSA) is 51.2 Å². The largest absolute Gasteiger partial charge is 0.493 e. The van der Waals surface area contributed by atoms with Crippen LogP contribution in [-0.4, -0.2) is 62.9 Å². The van der Waals surface area contributed by atoms with Crippen LogP contribution in [0.3, 0.4) is 0 Å². The Morgan fingerprint density at radius 3 is 2.33 bits per heavy atom. The number of morpholine rings is 1. The van der Waals surface area contributed by atoms with Crippen LogP contribution in [0.2, 0.25) is 0 Å². The normalized spacial score (nSPS) is 19.7. The molecular weight excluding hydrogens is 308 g/mol. The Kier molecular flexibility index (Phi) is 4.58. The molecule has 132 valence electrons. The van der Waals surface area contributed by atoms with E-state index in [0.29, 0.717) is 45.1 Å². The van der Waals surface area contributed by atoms with Gasteiger partial charge in [0.05, 0.1) is 27.4 Å². The summed E-state index contributed by atoms with van der Waals surface area (Å²) in [4.78, 5) is 16.7. The molecule has 0 saturated carbocycles. The van der Waals surface area contributed by atoms with Crippen LogP contribution < -0.4 is 9.47 Å². The lowest BCUT2D eigenvalue weighted by Gasteiger charge is -2.42. The van der Waals surface area contributed by atoms with Gasteiger partial charge in [0.15, 0.2) is 11.5 Å². The lowest BCUT2D eigenvalue weighted by Crippen LogP contribution is -2.52. The average molecular weight is 334 g/mol. The second-order valence-electron chi connectivity index (χ2n) is 6.99. The fraction of sp³-hybridized carbons (Fsp3) is 0.611. The van der Waals surface area contributed by atoms with Crippen LogP contribution in [-0.2, 0) is 16.7 Å². The highest BCUT2D eigenvalue weighted by Gasteiger charge is 2.36. The number of fused-ring (bicyclic) bond motifs is 1. The lowest BCUT2D eigenvalue weighted by molar-refractivity contribution is 0.0397. The van der Waals surface area contributed by atoms with Crippen LogP contribution in [0.5, 0.6) is 11.5 Å². The molecule has 3 rings (SSSR count). The summed E-state index contributed by atoms with van der Waals surface area (Å²) in [6.45, 7) is 8.16. The summed E-state index contributed by atoms with van der Waals surface area (Å²) in [5.41, 5.74) is 2.19. The van der Waals surface area contributed by atoms with Crippen molar-refractivity contribution < 1.29 is 19.0 Å². The highest BCUT2D eigenvalue weighted by atomic mass is 16.5. The van der Waals surface area contributed by atoms with Crippen molar-refractivity contribution in [1.82, 2.24) is 9.80 Å². The van der Waals surface area contributed by atoms with Gasteiger partial charge in [-0.15, -0.1) is 0 Å². The molecule has 0 aliphatic carbocycles. The van der Waals surface area contributed by atoms with Gasteiger partial charge in [0, 0.05) is 31.6 Å². The molecule has 0 N–H and O–H groups in total. The molecule has 1 fully saturated rings. The van der Waals surface area contributed by atoms with Crippen molar-refractivity contribution in [3.05, 3.63) is 23.3 Å². The standard InChI is InChI=1S/C18H26N2O4/c1-18(2)12-20(17(21)19-5-7-24-8-6-19)11-13-9-15(22-3)16(23-4)10-14(13)18/h9-10H,5-8,11-12H2,1-4H3. The molecule has 2 aliphatic heterocycles. The van der Waals surface area contributed by atoms with Gasteiger partial charge in [0.2, 0.25) is 0 Å². The van der Waals surface area contributed by atoms with Crippen LogP contribution in [0.15, 0.2) is 12.1 Å². The molecule has 24 heavy (non-hydrogen) atoms. The second-order valence-corrected chi connectivity index (χ2v) is 6.99. The van der Waals surface area contributed by atoms with Crippen molar-refractivity contribution in [3.63, 3.8) is 0 Å². The maximum absolute atomic E-state index is 12.9. The summed E-state index contributed by atoms with van der Waals surface area (Å²) in [6.07, 6.45) is 0. The molecule has 2 aliphatic rings. The zero-order valence-electron chi connectivity index (χ0n) is 14.9. The Morgan fingerprint density at radius 2 is 1.71 bits per heavy atom. The number of carbonyl (C=O) groups excluding carboxylic acids is 1. The van der Waals surface area contributed by atoms with E-state index in [2.05, 4.69) is 13.8 Å². The van der Waals surface area contributed by atoms with Crippen molar-refractivity contribution in [2.45, 2.75) is 25.8 Å². The van der Waals surface area contributed by atoms with Crippen LogP contribution >= 0.6 is 0 Å². The summed E-state index contributed by atoms with van der Waals surface area (Å²) in [6, 6.07) is 4.13. The molecular formula is C18H26N2O4. The van der Waals surface area contributed by atoms with Crippen LogP contribution in [0, 0.1) is 0 Å². The maximum Gasteiger partial charge on any atom is 0.320 e. The van der Waals surface area contributed by atoms with Gasteiger partial charge < -0.3 is 24.0 Å². The zero-order chi connectivity index (χ0) is 17.3. The number of hydrogen-bond acceptors (Lipinski definition) is 4. The smallest absolute Gasteiger partial charge is 0.320 e. The Bertz CT molecular complexity index is 624. The lowest BCUT2D eigenvalue weighted by atomic mass is 9.78. The first-order valence-electron chi connectivity index (χ1n) is 8.33. The van der Waals surface area contributed by atoms with E-state index in [-0.39, 0.29) is 11.4 Å². The molecule has 1 aromatic rings. The quantitative estimate of drug-likeness (QED) is 0.832. The third-order valence-electron chi connectivity index (χ3n) is 4.84. The number of benzene rings is 1. The zero-order valence-corrected chi connectivity index (χ0v) is 14.9. The van der Waals surface area contributed by atoms with E-state index in [1.807, 2.05) is 21.9 Å². The first-order chi connectivity index (χ1) is 11.5. The van der Waals surface area contributed by atoms with Gasteiger partial charge in [-0.1, -0.05) is 13.8 Å². The first-order valence-corrected chi connectivity index (χ1v) is 8.33.